The van der Waals surface area contributed by atoms with Gasteiger partial charge in [0.15, 0.2) is 5.01 Å². The van der Waals surface area contributed by atoms with Crippen molar-refractivity contribution in [1.82, 2.24) is 30.1 Å². The van der Waals surface area contributed by atoms with Crippen molar-refractivity contribution >= 4 is 33.6 Å². The summed E-state index contributed by atoms with van der Waals surface area (Å²) in [7, 11) is 0. The third-order valence-electron chi connectivity index (χ3n) is 9.04. The Bertz CT molecular complexity index is 1720. The molecule has 0 spiro atoms. The maximum Gasteiger partial charge on any atom is 0.223 e. The van der Waals surface area contributed by atoms with Gasteiger partial charge in [0.25, 0.3) is 0 Å². The molecule has 2 bridgehead atoms. The Kier molecular flexibility index (Phi) is 6.82. The lowest BCUT2D eigenvalue weighted by Crippen LogP contribution is -2.56. The van der Waals surface area contributed by atoms with Crippen molar-refractivity contribution in [2.45, 2.75) is 64.1 Å². The van der Waals surface area contributed by atoms with Crippen molar-refractivity contribution in [3.8, 4) is 28.0 Å². The fourth-order valence-corrected chi connectivity index (χ4v) is 7.87. The Labute approximate surface area is 254 Å². The van der Waals surface area contributed by atoms with Crippen LogP contribution in [-0.2, 0) is 4.79 Å². The first kappa shape index (κ1) is 27.7. The standard InChI is InChI=1S/C31H35N9O2S/c1-17(2)35-24-9-25(26-7-6-22-8-18(12-32)13-34-40(22)26)33-14-23(24)29-37-38-30(43-29)39-15-19-4-5-20(16-39)27(19)36-28(41)21-10-31(3,42)11-21/h6-9,13-14,17,19-21,27,42H,4-5,10-11,15-16H2,1-3H3,(H,33,35)(H,36,41). The lowest BCUT2D eigenvalue weighted by Gasteiger charge is -2.42. The molecule has 222 valence electrons. The second kappa shape index (κ2) is 10.6. The normalized spacial score (nSPS) is 26.4. The summed E-state index contributed by atoms with van der Waals surface area (Å²) < 4.78 is 1.79. The molecule has 1 saturated heterocycles. The van der Waals surface area contributed by atoms with Crippen LogP contribution in [-0.4, -0.2) is 66.6 Å². The predicted octanol–water partition coefficient (Wildman–Crippen LogP) is 4.10. The minimum absolute atomic E-state index is 0.0732. The smallest absolute Gasteiger partial charge is 0.223 e. The SMILES string of the molecule is CC(C)Nc1cc(-c2ccc3cc(C#N)cnn23)ncc1-c1nnc(N2CC3CCC(C2)C3NC(=O)C2CC(C)(O)C2)s1. The molecule has 1 aliphatic heterocycles. The Morgan fingerprint density at radius 1 is 1.16 bits per heavy atom. The van der Waals surface area contributed by atoms with E-state index in [-0.39, 0.29) is 23.9 Å². The number of nitrogens with one attached hydrogen (secondary N) is 2. The summed E-state index contributed by atoms with van der Waals surface area (Å²) in [4.78, 5) is 19.9. The van der Waals surface area contributed by atoms with Crippen molar-refractivity contribution in [1.29, 1.82) is 5.26 Å². The molecule has 3 N–H and O–H groups in total. The summed E-state index contributed by atoms with van der Waals surface area (Å²) >= 11 is 1.57. The highest BCUT2D eigenvalue weighted by Gasteiger charge is 2.47. The number of anilines is 2. The molecule has 2 unspecified atom stereocenters. The molecule has 4 aromatic rings. The highest BCUT2D eigenvalue weighted by Crippen LogP contribution is 2.43. The molecule has 3 fully saturated rings. The minimum atomic E-state index is -0.697. The van der Waals surface area contributed by atoms with Crippen LogP contribution >= 0.6 is 11.3 Å². The molecular weight excluding hydrogens is 562 g/mol. The molecule has 0 radical (unpaired) electrons. The highest BCUT2D eigenvalue weighted by atomic mass is 32.1. The minimum Gasteiger partial charge on any atom is -0.390 e. The Morgan fingerprint density at radius 3 is 2.63 bits per heavy atom. The van der Waals surface area contributed by atoms with Crippen molar-refractivity contribution in [3.63, 3.8) is 0 Å². The first-order valence-electron chi connectivity index (χ1n) is 14.9. The fraction of sp³-hybridized carbons (Fsp3) is 0.484. The van der Waals surface area contributed by atoms with Crippen LogP contribution in [0.2, 0.25) is 0 Å². The highest BCUT2D eigenvalue weighted by molar-refractivity contribution is 7.18. The number of piperidine rings is 1. The Hall–Kier alpha value is -4.08. The average Bonchev–Trinajstić information content (AvgIpc) is 3.67. The second-order valence-electron chi connectivity index (χ2n) is 12.9. The third-order valence-corrected chi connectivity index (χ3v) is 10.1. The number of aromatic nitrogens is 5. The van der Waals surface area contributed by atoms with E-state index in [1.165, 1.54) is 0 Å². The number of aliphatic hydroxyl groups is 1. The molecule has 12 heteroatoms. The maximum absolute atomic E-state index is 12.8. The van der Waals surface area contributed by atoms with E-state index in [1.807, 2.05) is 30.5 Å². The quantitative estimate of drug-likeness (QED) is 0.287. The van der Waals surface area contributed by atoms with Crippen LogP contribution in [0, 0.1) is 29.1 Å². The Morgan fingerprint density at radius 2 is 1.93 bits per heavy atom. The number of rotatable bonds is 7. The zero-order valence-corrected chi connectivity index (χ0v) is 25.3. The maximum atomic E-state index is 12.8. The zero-order chi connectivity index (χ0) is 29.9. The molecule has 11 nitrogen and oxygen atoms in total. The predicted molar refractivity (Wildman–Crippen MR) is 165 cm³/mol. The van der Waals surface area contributed by atoms with Gasteiger partial charge in [-0.05, 0) is 82.6 Å². The van der Waals surface area contributed by atoms with Crippen molar-refractivity contribution in [2.75, 3.05) is 23.3 Å². The van der Waals surface area contributed by atoms with Gasteiger partial charge in [-0.25, -0.2) is 4.52 Å². The van der Waals surface area contributed by atoms with Crippen LogP contribution in [0.25, 0.3) is 27.5 Å². The largest absolute Gasteiger partial charge is 0.390 e. The molecule has 7 rings (SSSR count). The molecule has 43 heavy (non-hydrogen) atoms. The van der Waals surface area contributed by atoms with Crippen LogP contribution in [0.4, 0.5) is 10.8 Å². The zero-order valence-electron chi connectivity index (χ0n) is 24.5. The number of fused-ring (bicyclic) bond motifs is 3. The topological polar surface area (TPSA) is 144 Å². The van der Waals surface area contributed by atoms with E-state index in [2.05, 4.69) is 50.7 Å². The molecule has 2 saturated carbocycles. The number of carbonyl (C=O) groups excluding carboxylic acids is 1. The molecule has 1 amide bonds. The summed E-state index contributed by atoms with van der Waals surface area (Å²) in [6, 6.07) is 10.2. The van der Waals surface area contributed by atoms with E-state index in [0.29, 0.717) is 30.2 Å². The first-order chi connectivity index (χ1) is 20.7. The number of hydrogen-bond acceptors (Lipinski definition) is 10. The third kappa shape index (κ3) is 5.21. The molecule has 4 aromatic heterocycles. The van der Waals surface area contributed by atoms with Crippen LogP contribution < -0.4 is 15.5 Å². The van der Waals surface area contributed by atoms with E-state index < -0.39 is 5.60 Å². The number of nitriles is 1. The lowest BCUT2D eigenvalue weighted by atomic mass is 9.71. The van der Waals surface area contributed by atoms with Crippen molar-refractivity contribution < 1.29 is 9.90 Å². The Balaban J connectivity index is 1.10. The van der Waals surface area contributed by atoms with Gasteiger partial charge in [-0.15, -0.1) is 10.2 Å². The summed E-state index contributed by atoms with van der Waals surface area (Å²) in [5.74, 6) is 0.780. The van der Waals surface area contributed by atoms with Crippen molar-refractivity contribution in [3.05, 3.63) is 42.2 Å². The second-order valence-corrected chi connectivity index (χ2v) is 13.8. The van der Waals surface area contributed by atoms with E-state index in [9.17, 15) is 15.2 Å². The summed E-state index contributed by atoms with van der Waals surface area (Å²) in [5.41, 5.74) is 4.06. The van der Waals surface area contributed by atoms with Crippen LogP contribution in [0.15, 0.2) is 36.7 Å². The summed E-state index contributed by atoms with van der Waals surface area (Å²) in [5, 5.41) is 41.5. The first-order valence-corrected chi connectivity index (χ1v) is 15.8. The van der Waals surface area contributed by atoms with Gasteiger partial charge in [-0.2, -0.15) is 10.4 Å². The number of pyridine rings is 1. The summed E-state index contributed by atoms with van der Waals surface area (Å²) in [6.07, 6.45) is 6.68. The molecule has 2 aliphatic carbocycles. The number of amides is 1. The van der Waals surface area contributed by atoms with E-state index >= 15 is 0 Å². The van der Waals surface area contributed by atoms with Gasteiger partial charge >= 0.3 is 0 Å². The number of hydrogen-bond donors (Lipinski definition) is 3. The van der Waals surface area contributed by atoms with Crippen molar-refractivity contribution in [2.24, 2.45) is 17.8 Å². The van der Waals surface area contributed by atoms with Gasteiger partial charge in [0.05, 0.1) is 39.8 Å². The van der Waals surface area contributed by atoms with Gasteiger partial charge < -0.3 is 20.6 Å². The van der Waals surface area contributed by atoms with Crippen LogP contribution in [0.1, 0.15) is 52.0 Å². The van der Waals surface area contributed by atoms with Gasteiger partial charge in [0.2, 0.25) is 11.0 Å². The van der Waals surface area contributed by atoms with Gasteiger partial charge in [0.1, 0.15) is 6.07 Å². The fourth-order valence-electron chi connectivity index (χ4n) is 6.99. The van der Waals surface area contributed by atoms with E-state index in [0.717, 1.165) is 64.2 Å². The van der Waals surface area contributed by atoms with Gasteiger partial charge in [-0.3, -0.25) is 9.78 Å². The molecular formula is C31H35N9O2S. The molecule has 0 aromatic carbocycles. The van der Waals surface area contributed by atoms with Gasteiger partial charge in [0, 0.05) is 43.0 Å². The average molecular weight is 598 g/mol. The van der Waals surface area contributed by atoms with Crippen LogP contribution in [0.5, 0.6) is 0 Å². The number of carbonyl (C=O) groups is 1. The van der Waals surface area contributed by atoms with Gasteiger partial charge in [-0.1, -0.05) is 11.3 Å². The molecule has 3 aliphatic rings. The lowest BCUT2D eigenvalue weighted by molar-refractivity contribution is -0.140. The number of nitrogens with zero attached hydrogens (tertiary/aromatic N) is 7. The van der Waals surface area contributed by atoms with E-state index in [4.69, 9.17) is 4.98 Å². The monoisotopic (exact) mass is 597 g/mol. The summed E-state index contributed by atoms with van der Waals surface area (Å²) in [6.45, 7) is 7.68. The van der Waals surface area contributed by atoms with Crippen LogP contribution in [0.3, 0.4) is 0 Å². The van der Waals surface area contributed by atoms with E-state index in [1.54, 1.807) is 29.0 Å². The molecule has 5 heterocycles. The molecule has 2 atom stereocenters.